The molecule has 1 aromatic heterocycles. The molecular formula is C52H33N5NiO. The summed E-state index contributed by atoms with van der Waals surface area (Å²) in [4.78, 5) is 21.8. The van der Waals surface area contributed by atoms with E-state index >= 15 is 0 Å². The number of hydrogen-bond donors (Lipinski definition) is 0. The molecule has 282 valence electrons. The number of benzene rings is 5. The van der Waals surface area contributed by atoms with E-state index in [0.29, 0.717) is 17.3 Å². The fourth-order valence-electron chi connectivity index (χ4n) is 8.08. The van der Waals surface area contributed by atoms with Crippen LogP contribution < -0.4 is 20.4 Å². The van der Waals surface area contributed by atoms with Crippen molar-refractivity contribution in [1.82, 2.24) is 4.98 Å². The van der Waals surface area contributed by atoms with Gasteiger partial charge in [0.2, 0.25) is 0 Å². The van der Waals surface area contributed by atoms with Crippen LogP contribution in [0.15, 0.2) is 226 Å². The monoisotopic (exact) mass is 801 g/mol. The predicted molar refractivity (Wildman–Crippen MR) is 234 cm³/mol. The Morgan fingerprint density at radius 3 is 1.61 bits per heavy atom. The van der Waals surface area contributed by atoms with Gasteiger partial charge in [0.1, 0.15) is 5.75 Å². The van der Waals surface area contributed by atoms with Crippen molar-refractivity contribution in [1.29, 1.82) is 0 Å². The third-order valence-electron chi connectivity index (χ3n) is 10.7. The van der Waals surface area contributed by atoms with Crippen LogP contribution in [0.3, 0.4) is 0 Å². The average molecular weight is 803 g/mol. The Morgan fingerprint density at radius 2 is 1.00 bits per heavy atom. The van der Waals surface area contributed by atoms with Gasteiger partial charge in [-0.25, -0.2) is 15.0 Å². The van der Waals surface area contributed by atoms with Crippen LogP contribution >= 0.6 is 0 Å². The van der Waals surface area contributed by atoms with Crippen LogP contribution in [0.1, 0.15) is 27.8 Å². The number of aromatic nitrogens is 1. The first-order chi connectivity index (χ1) is 28.6. The van der Waals surface area contributed by atoms with Crippen LogP contribution in [0, 0.1) is 6.92 Å². The minimum absolute atomic E-state index is 0. The second kappa shape index (κ2) is 14.9. The summed E-state index contributed by atoms with van der Waals surface area (Å²) in [6.45, 7) is 2.06. The normalized spacial score (nSPS) is 17.6. The Bertz CT molecular complexity index is 3120. The smallest absolute Gasteiger partial charge is 0.657 e. The fraction of sp³-hybridized carbons (Fsp3) is 0.0192. The molecule has 11 rings (SSSR count). The molecule has 6 aromatic rings. The molecule has 0 aliphatic carbocycles. The average Bonchev–Trinajstić information content (AvgIpc) is 4.13. The van der Waals surface area contributed by atoms with Crippen LogP contribution in [0.25, 0.3) is 27.6 Å². The van der Waals surface area contributed by atoms with Crippen molar-refractivity contribution in [2.45, 2.75) is 6.92 Å². The maximum absolute atomic E-state index is 6.58. The van der Waals surface area contributed by atoms with Gasteiger partial charge in [-0.1, -0.05) is 157 Å². The maximum atomic E-state index is 6.58. The van der Waals surface area contributed by atoms with Crippen molar-refractivity contribution < 1.29 is 21.2 Å². The molecule has 59 heavy (non-hydrogen) atoms. The number of aryl methyl sites for hydroxylation is 1. The summed E-state index contributed by atoms with van der Waals surface area (Å²) in [5, 5.41) is 6.66. The van der Waals surface area contributed by atoms with Gasteiger partial charge in [-0.05, 0) is 76.8 Å². The number of allylic oxidation sites excluding steroid dienone is 8. The number of ether oxygens (including phenoxy) is 1. The van der Waals surface area contributed by atoms with E-state index in [0.717, 1.165) is 101 Å². The molecule has 0 fully saturated rings. The number of fused-ring (bicyclic) bond motifs is 6. The molecule has 8 bridgehead atoms. The zero-order valence-corrected chi connectivity index (χ0v) is 32.8. The van der Waals surface area contributed by atoms with Gasteiger partial charge in [0.25, 0.3) is 0 Å². The van der Waals surface area contributed by atoms with Gasteiger partial charge in [0, 0.05) is 22.6 Å². The molecule has 5 aliphatic rings. The minimum atomic E-state index is 0. The first-order valence-corrected chi connectivity index (χ1v) is 19.3. The molecule has 0 atom stereocenters. The van der Waals surface area contributed by atoms with E-state index in [4.69, 9.17) is 30.0 Å². The van der Waals surface area contributed by atoms with Crippen molar-refractivity contribution in [3.05, 3.63) is 254 Å². The second-order valence-corrected chi connectivity index (χ2v) is 14.5. The number of rotatable bonds is 4. The molecule has 0 N–H and O–H groups in total. The number of nitrogens with zero attached hydrogens (tertiary/aromatic N) is 5. The molecule has 6 nitrogen and oxygen atoms in total. The van der Waals surface area contributed by atoms with E-state index in [2.05, 4.69) is 128 Å². The van der Waals surface area contributed by atoms with Gasteiger partial charge >= 0.3 is 16.5 Å². The van der Waals surface area contributed by atoms with E-state index in [1.54, 1.807) is 0 Å². The Balaban J connectivity index is 0.00000420. The second-order valence-electron chi connectivity index (χ2n) is 14.5. The summed E-state index contributed by atoms with van der Waals surface area (Å²) in [5.74, 6) is 1.20. The summed E-state index contributed by atoms with van der Waals surface area (Å²) in [6.07, 6.45) is 10.5. The molecule has 6 heterocycles. The molecular weight excluding hydrogens is 769 g/mol. The van der Waals surface area contributed by atoms with E-state index in [-0.39, 0.29) is 16.5 Å². The van der Waals surface area contributed by atoms with Crippen molar-refractivity contribution in [3.63, 3.8) is 0 Å². The summed E-state index contributed by atoms with van der Waals surface area (Å²) in [5.41, 5.74) is 15.0. The summed E-state index contributed by atoms with van der Waals surface area (Å²) < 4.78 is 6.58. The van der Waals surface area contributed by atoms with Gasteiger partial charge < -0.3 is 15.0 Å². The quantitative estimate of drug-likeness (QED) is 0.167. The number of hydrogen-bond acceptors (Lipinski definition) is 4. The molecule has 0 spiro atoms. The van der Waals surface area contributed by atoms with E-state index in [9.17, 15) is 0 Å². The topological polar surface area (TPSA) is 74.5 Å². The van der Waals surface area contributed by atoms with Crippen molar-refractivity contribution in [2.24, 2.45) is 15.0 Å². The van der Waals surface area contributed by atoms with Crippen molar-refractivity contribution in [2.75, 3.05) is 0 Å². The van der Waals surface area contributed by atoms with Gasteiger partial charge in [-0.3, -0.25) is 0 Å². The molecule has 0 saturated carbocycles. The molecule has 5 aromatic carbocycles. The molecule has 0 unspecified atom stereocenters. The van der Waals surface area contributed by atoms with Gasteiger partial charge in [0.15, 0.2) is 0 Å². The third kappa shape index (κ3) is 6.42. The molecule has 0 saturated heterocycles. The van der Waals surface area contributed by atoms with Gasteiger partial charge in [-0.15, -0.1) is 10.7 Å². The Kier molecular flexibility index (Phi) is 9.08. The Labute approximate surface area is 351 Å². The number of aliphatic imine (C=N–C) groups is 3. The summed E-state index contributed by atoms with van der Waals surface area (Å²) >= 11 is 0. The maximum Gasteiger partial charge on any atom is 2.00 e. The fourth-order valence-corrected chi connectivity index (χ4v) is 8.08. The molecule has 0 radical (unpaired) electrons. The Hall–Kier alpha value is -7.34. The first kappa shape index (κ1) is 36.0. The standard InChI is InChI=1S/C52H33N5O.Ni/c1-32-22-29-46-44(30-32)57-52(58-46)37-31-45-49(35-18-10-4-11-19-35)42-26-25-40(54-42)47(33-14-6-2-7-15-33)38-23-24-39(53-38)48(34-16-8-3-9-17-34)41-27-28-43(55-41)50(51(37)56-45)36-20-12-5-13-21-36;/h2-31H,1H3;/q-2;+2. The van der Waals surface area contributed by atoms with Crippen molar-refractivity contribution >= 4 is 45.1 Å². The van der Waals surface area contributed by atoms with E-state index in [1.165, 1.54) is 0 Å². The zero-order chi connectivity index (χ0) is 38.6. The Morgan fingerprint density at radius 1 is 0.492 bits per heavy atom. The van der Waals surface area contributed by atoms with E-state index < -0.39 is 0 Å². The van der Waals surface area contributed by atoms with Gasteiger partial charge in [0.05, 0.1) is 34.2 Å². The first-order valence-electron chi connectivity index (χ1n) is 19.3. The van der Waals surface area contributed by atoms with Crippen LogP contribution in [0.2, 0.25) is 0 Å². The zero-order valence-electron chi connectivity index (χ0n) is 31.8. The van der Waals surface area contributed by atoms with E-state index in [1.807, 2.05) is 60.7 Å². The molecule has 0 amide bonds. The van der Waals surface area contributed by atoms with Crippen LogP contribution in [0.5, 0.6) is 5.75 Å². The molecule has 5 aliphatic heterocycles. The SMILES string of the molecule is Cc1ccc2c(c1)[N-]C(=C1C=C3N=C1C(c1ccccc1)=c1ccc([n-]1)=C(c1ccccc1)C1=NC(=C(c4ccccc4)C4=NC(=C3c3ccccc3)C=C4)C=C1)O2.[Ni+2]. The predicted octanol–water partition coefficient (Wildman–Crippen LogP) is 9.85. The summed E-state index contributed by atoms with van der Waals surface area (Å²) in [6, 6.07) is 51.7. The third-order valence-corrected chi connectivity index (χ3v) is 10.7. The van der Waals surface area contributed by atoms with Crippen LogP contribution in [0.4, 0.5) is 5.69 Å². The van der Waals surface area contributed by atoms with Gasteiger partial charge in [-0.2, -0.15) is 0 Å². The van der Waals surface area contributed by atoms with Crippen molar-refractivity contribution in [3.8, 4) is 5.75 Å². The van der Waals surface area contributed by atoms with Crippen LogP contribution in [-0.2, 0) is 16.5 Å². The minimum Gasteiger partial charge on any atom is -0.657 e. The van der Waals surface area contributed by atoms with Crippen LogP contribution in [-0.4, -0.2) is 17.1 Å². The summed E-state index contributed by atoms with van der Waals surface area (Å²) in [7, 11) is 0. The largest absolute Gasteiger partial charge is 2.00 e. The molecule has 7 heteroatoms.